The fraction of sp³-hybridized carbons (Fsp3) is 0.600. The van der Waals surface area contributed by atoms with Crippen LogP contribution in [0.4, 0.5) is 0 Å². The molecule has 1 rings (SSSR count). The largest absolute Gasteiger partial charge is 0.300 e. The predicted octanol–water partition coefficient (Wildman–Crippen LogP) is 5.14. The lowest BCUT2D eigenvalue weighted by molar-refractivity contribution is -0.128. The van der Waals surface area contributed by atoms with E-state index in [0.29, 0.717) is 0 Å². The molecule has 1 aromatic carbocycles. The van der Waals surface area contributed by atoms with Crippen molar-refractivity contribution in [1.29, 1.82) is 0 Å². The van der Waals surface area contributed by atoms with Crippen molar-refractivity contribution in [2.75, 3.05) is 0 Å². The molecule has 0 aliphatic rings. The van der Waals surface area contributed by atoms with Gasteiger partial charge in [0.05, 0.1) is 6.42 Å². The van der Waals surface area contributed by atoms with Crippen LogP contribution < -0.4 is 0 Å². The van der Waals surface area contributed by atoms with Crippen LogP contribution in [0, 0.1) is 5.92 Å². The van der Waals surface area contributed by atoms with Crippen molar-refractivity contribution in [3.05, 3.63) is 35.9 Å². The standard InChI is InChI=1S/C20H30O2/c1-3-4-5-9-14-19(20(22)16-17(2)21)15-10-13-18-11-7-6-8-12-18/h6-8,11-12,19H,3-5,9-10,13-16H2,1-2H3. The molecule has 0 saturated heterocycles. The summed E-state index contributed by atoms with van der Waals surface area (Å²) in [6.07, 6.45) is 8.74. The third kappa shape index (κ3) is 8.11. The molecule has 0 aromatic heterocycles. The number of Topliss-reactive ketones (excluding diaryl/α,β-unsaturated/α-hetero) is 2. The van der Waals surface area contributed by atoms with Crippen molar-refractivity contribution >= 4 is 11.6 Å². The van der Waals surface area contributed by atoms with Gasteiger partial charge in [0, 0.05) is 5.92 Å². The number of carbonyl (C=O) groups is 2. The Labute approximate surface area is 135 Å². The molecule has 0 saturated carbocycles. The molecule has 0 fully saturated rings. The van der Waals surface area contributed by atoms with E-state index in [1.807, 2.05) is 6.07 Å². The zero-order valence-corrected chi connectivity index (χ0v) is 14.1. The number of benzene rings is 1. The molecule has 1 aromatic rings. The lowest BCUT2D eigenvalue weighted by atomic mass is 9.88. The highest BCUT2D eigenvalue weighted by atomic mass is 16.1. The fourth-order valence-corrected chi connectivity index (χ4v) is 2.87. The Bertz CT molecular complexity index is 436. The van der Waals surface area contributed by atoms with Gasteiger partial charge in [0.1, 0.15) is 11.6 Å². The van der Waals surface area contributed by atoms with Gasteiger partial charge in [-0.1, -0.05) is 62.9 Å². The third-order valence-electron chi connectivity index (χ3n) is 4.15. The topological polar surface area (TPSA) is 34.1 Å². The van der Waals surface area contributed by atoms with Gasteiger partial charge < -0.3 is 0 Å². The predicted molar refractivity (Wildman–Crippen MR) is 91.9 cm³/mol. The highest BCUT2D eigenvalue weighted by Gasteiger charge is 2.19. The average Bonchev–Trinajstić information content (AvgIpc) is 2.50. The summed E-state index contributed by atoms with van der Waals surface area (Å²) in [5.74, 6) is 0.216. The first-order chi connectivity index (χ1) is 10.6. The number of rotatable bonds is 12. The van der Waals surface area contributed by atoms with Gasteiger partial charge in [-0.2, -0.15) is 0 Å². The van der Waals surface area contributed by atoms with Gasteiger partial charge in [-0.3, -0.25) is 9.59 Å². The number of ketones is 2. The van der Waals surface area contributed by atoms with E-state index >= 15 is 0 Å². The summed E-state index contributed by atoms with van der Waals surface area (Å²) < 4.78 is 0. The van der Waals surface area contributed by atoms with E-state index in [4.69, 9.17) is 0 Å². The molecular weight excluding hydrogens is 272 g/mol. The quantitative estimate of drug-likeness (QED) is 0.395. The lowest BCUT2D eigenvalue weighted by Crippen LogP contribution is -2.17. The Morgan fingerprint density at radius 3 is 2.27 bits per heavy atom. The van der Waals surface area contributed by atoms with Gasteiger partial charge in [0.2, 0.25) is 0 Å². The third-order valence-corrected chi connectivity index (χ3v) is 4.15. The van der Waals surface area contributed by atoms with Crippen molar-refractivity contribution in [1.82, 2.24) is 0 Å². The van der Waals surface area contributed by atoms with Gasteiger partial charge >= 0.3 is 0 Å². The molecule has 0 bridgehead atoms. The van der Waals surface area contributed by atoms with Crippen molar-refractivity contribution in [3.63, 3.8) is 0 Å². The SMILES string of the molecule is CCCCCCC(CCCc1ccccc1)C(=O)CC(C)=O. The maximum atomic E-state index is 12.2. The first-order valence-electron chi connectivity index (χ1n) is 8.69. The van der Waals surface area contributed by atoms with E-state index in [-0.39, 0.29) is 23.9 Å². The van der Waals surface area contributed by atoms with E-state index in [9.17, 15) is 9.59 Å². The molecule has 0 spiro atoms. The Morgan fingerprint density at radius 2 is 1.64 bits per heavy atom. The van der Waals surface area contributed by atoms with E-state index in [2.05, 4.69) is 31.2 Å². The summed E-state index contributed by atoms with van der Waals surface area (Å²) in [6.45, 7) is 3.70. The number of carbonyl (C=O) groups excluding carboxylic acids is 2. The Hall–Kier alpha value is -1.44. The van der Waals surface area contributed by atoms with E-state index in [0.717, 1.165) is 32.1 Å². The fourth-order valence-electron chi connectivity index (χ4n) is 2.87. The van der Waals surface area contributed by atoms with E-state index in [1.165, 1.54) is 31.7 Å². The minimum atomic E-state index is -0.00776. The first kappa shape index (κ1) is 18.6. The molecular formula is C20H30O2. The van der Waals surface area contributed by atoms with Gasteiger partial charge in [-0.15, -0.1) is 0 Å². The van der Waals surface area contributed by atoms with E-state index < -0.39 is 0 Å². The number of aryl methyl sites for hydroxylation is 1. The van der Waals surface area contributed by atoms with Crippen LogP contribution in [0.3, 0.4) is 0 Å². The Balaban J connectivity index is 2.42. The number of hydrogen-bond acceptors (Lipinski definition) is 2. The Morgan fingerprint density at radius 1 is 0.955 bits per heavy atom. The van der Waals surface area contributed by atoms with Crippen molar-refractivity contribution in [2.24, 2.45) is 5.92 Å². The van der Waals surface area contributed by atoms with Crippen LogP contribution in [-0.4, -0.2) is 11.6 Å². The van der Waals surface area contributed by atoms with Crippen LogP contribution >= 0.6 is 0 Å². The summed E-state index contributed by atoms with van der Waals surface area (Å²) in [6, 6.07) is 10.4. The zero-order chi connectivity index (χ0) is 16.2. The Kier molecular flexibility index (Phi) is 9.45. The molecule has 0 N–H and O–H groups in total. The first-order valence-corrected chi connectivity index (χ1v) is 8.69. The zero-order valence-electron chi connectivity index (χ0n) is 14.1. The molecule has 2 nitrogen and oxygen atoms in total. The van der Waals surface area contributed by atoms with Crippen LogP contribution in [0.25, 0.3) is 0 Å². The van der Waals surface area contributed by atoms with Gasteiger partial charge in [-0.25, -0.2) is 0 Å². The summed E-state index contributed by atoms with van der Waals surface area (Å²) in [5, 5.41) is 0. The molecule has 0 heterocycles. The average molecular weight is 302 g/mol. The highest BCUT2D eigenvalue weighted by Crippen LogP contribution is 2.20. The normalized spacial score (nSPS) is 12.1. The van der Waals surface area contributed by atoms with Crippen molar-refractivity contribution < 1.29 is 9.59 Å². The number of unbranched alkanes of at least 4 members (excludes halogenated alkanes) is 3. The molecule has 22 heavy (non-hydrogen) atoms. The van der Waals surface area contributed by atoms with Crippen molar-refractivity contribution in [2.45, 2.75) is 71.6 Å². The molecule has 122 valence electrons. The second-order valence-electron chi connectivity index (χ2n) is 6.27. The molecule has 0 amide bonds. The molecule has 2 heteroatoms. The van der Waals surface area contributed by atoms with Crippen LogP contribution in [0.15, 0.2) is 30.3 Å². The van der Waals surface area contributed by atoms with Gasteiger partial charge in [-0.05, 0) is 38.2 Å². The molecule has 1 atom stereocenters. The van der Waals surface area contributed by atoms with Crippen LogP contribution in [0.5, 0.6) is 0 Å². The lowest BCUT2D eigenvalue weighted by Gasteiger charge is -2.15. The number of hydrogen-bond donors (Lipinski definition) is 0. The summed E-state index contributed by atoms with van der Waals surface area (Å²) in [4.78, 5) is 23.4. The maximum Gasteiger partial charge on any atom is 0.143 e. The monoisotopic (exact) mass is 302 g/mol. The maximum absolute atomic E-state index is 12.2. The summed E-state index contributed by atoms with van der Waals surface area (Å²) in [7, 11) is 0. The molecule has 0 aliphatic heterocycles. The molecule has 1 unspecified atom stereocenters. The van der Waals surface area contributed by atoms with Crippen molar-refractivity contribution in [3.8, 4) is 0 Å². The molecule has 0 radical (unpaired) electrons. The highest BCUT2D eigenvalue weighted by molar-refractivity contribution is 5.98. The second-order valence-corrected chi connectivity index (χ2v) is 6.27. The van der Waals surface area contributed by atoms with Crippen LogP contribution in [0.2, 0.25) is 0 Å². The summed E-state index contributed by atoms with van der Waals surface area (Å²) >= 11 is 0. The minimum absolute atomic E-state index is 0.00776. The summed E-state index contributed by atoms with van der Waals surface area (Å²) in [5.41, 5.74) is 1.33. The van der Waals surface area contributed by atoms with Gasteiger partial charge in [0.15, 0.2) is 0 Å². The smallest absolute Gasteiger partial charge is 0.143 e. The molecule has 0 aliphatic carbocycles. The van der Waals surface area contributed by atoms with E-state index in [1.54, 1.807) is 0 Å². The second kappa shape index (κ2) is 11.2. The van der Waals surface area contributed by atoms with Crippen LogP contribution in [-0.2, 0) is 16.0 Å². The van der Waals surface area contributed by atoms with Gasteiger partial charge in [0.25, 0.3) is 0 Å². The minimum Gasteiger partial charge on any atom is -0.300 e. The van der Waals surface area contributed by atoms with Crippen LogP contribution in [0.1, 0.15) is 70.8 Å².